The van der Waals surface area contributed by atoms with Crippen LogP contribution in [0.25, 0.3) is 11.1 Å². The fourth-order valence-corrected chi connectivity index (χ4v) is 1.45. The highest BCUT2D eigenvalue weighted by atomic mass is 15.1. The van der Waals surface area contributed by atoms with Gasteiger partial charge in [-0.2, -0.15) is 9.97 Å². The van der Waals surface area contributed by atoms with Crippen molar-refractivity contribution in [2.75, 3.05) is 5.73 Å². The van der Waals surface area contributed by atoms with Gasteiger partial charge in [-0.05, 0) is 6.92 Å². The van der Waals surface area contributed by atoms with E-state index in [1.165, 1.54) is 0 Å². The maximum absolute atomic E-state index is 5.74. The van der Waals surface area contributed by atoms with Gasteiger partial charge in [-0.1, -0.05) is 62.3 Å². The first kappa shape index (κ1) is 15.3. The average molecular weight is 266 g/mol. The second kappa shape index (κ2) is 7.63. The lowest BCUT2D eigenvalue weighted by Gasteiger charge is -2.05. The normalized spacial score (nSPS) is 12.4. The monoisotopic (exact) mass is 266 g/mol. The summed E-state index contributed by atoms with van der Waals surface area (Å²) < 4.78 is 0. The fraction of sp³-hybridized carbons (Fsp3) is 0.0625. The lowest BCUT2D eigenvalue weighted by molar-refractivity contribution is 1.01. The molecule has 0 aliphatic rings. The van der Waals surface area contributed by atoms with Gasteiger partial charge >= 0.3 is 0 Å². The summed E-state index contributed by atoms with van der Waals surface area (Å²) in [5.41, 5.74) is 7.23. The lowest BCUT2D eigenvalue weighted by Crippen LogP contribution is -2.05. The highest BCUT2D eigenvalue weighted by Crippen LogP contribution is 2.17. The van der Waals surface area contributed by atoms with Crippen LogP contribution < -0.4 is 5.73 Å². The molecule has 0 spiro atoms. The van der Waals surface area contributed by atoms with E-state index in [4.69, 9.17) is 5.73 Å². The zero-order valence-corrected chi connectivity index (χ0v) is 11.6. The van der Waals surface area contributed by atoms with Gasteiger partial charge in [-0.25, -0.2) is 4.98 Å². The van der Waals surface area contributed by atoms with Gasteiger partial charge in [0.25, 0.3) is 0 Å². The van der Waals surface area contributed by atoms with Crippen molar-refractivity contribution in [3.8, 4) is 0 Å². The summed E-state index contributed by atoms with van der Waals surface area (Å²) in [5, 5.41) is 0. The number of anilines is 1. The molecular formula is C16H18N4. The van der Waals surface area contributed by atoms with Crippen LogP contribution in [0.5, 0.6) is 0 Å². The van der Waals surface area contributed by atoms with Gasteiger partial charge in [0.15, 0.2) is 11.6 Å². The minimum atomic E-state index is 0.148. The number of nitrogens with zero attached hydrogens (tertiary/aromatic N) is 3. The molecule has 0 radical (unpaired) electrons. The summed E-state index contributed by atoms with van der Waals surface area (Å²) in [4.78, 5) is 12.6. The largest absolute Gasteiger partial charge is 0.368 e. The Bertz CT molecular complexity index is 607. The summed E-state index contributed by atoms with van der Waals surface area (Å²) in [6.45, 7) is 13.1. The van der Waals surface area contributed by atoms with Crippen molar-refractivity contribution in [2.24, 2.45) is 0 Å². The molecule has 4 nitrogen and oxygen atoms in total. The Morgan fingerprint density at radius 2 is 1.50 bits per heavy atom. The Labute approximate surface area is 119 Å². The zero-order chi connectivity index (χ0) is 15.0. The molecule has 0 aromatic carbocycles. The van der Waals surface area contributed by atoms with E-state index in [-0.39, 0.29) is 5.95 Å². The molecule has 1 aromatic rings. The van der Waals surface area contributed by atoms with Crippen LogP contribution in [0, 0.1) is 0 Å². The van der Waals surface area contributed by atoms with Crippen LogP contribution in [0.15, 0.2) is 62.3 Å². The second-order valence-corrected chi connectivity index (χ2v) is 3.75. The third-order valence-corrected chi connectivity index (χ3v) is 2.37. The lowest BCUT2D eigenvalue weighted by atomic mass is 10.2. The summed E-state index contributed by atoms with van der Waals surface area (Å²) in [7, 11) is 0. The van der Waals surface area contributed by atoms with E-state index in [1.54, 1.807) is 24.3 Å². The van der Waals surface area contributed by atoms with Crippen LogP contribution in [0.1, 0.15) is 18.6 Å². The molecule has 0 fully saturated rings. The van der Waals surface area contributed by atoms with Crippen LogP contribution >= 0.6 is 0 Å². The van der Waals surface area contributed by atoms with E-state index in [2.05, 4.69) is 34.7 Å². The van der Waals surface area contributed by atoms with Gasteiger partial charge in [0.2, 0.25) is 5.95 Å². The minimum absolute atomic E-state index is 0.148. The van der Waals surface area contributed by atoms with Crippen molar-refractivity contribution in [2.45, 2.75) is 6.92 Å². The van der Waals surface area contributed by atoms with Crippen molar-refractivity contribution in [1.29, 1.82) is 0 Å². The van der Waals surface area contributed by atoms with Gasteiger partial charge in [-0.3, -0.25) is 0 Å². The first-order valence-corrected chi connectivity index (χ1v) is 6.09. The molecule has 2 N–H and O–H groups in total. The topological polar surface area (TPSA) is 64.7 Å². The van der Waals surface area contributed by atoms with Crippen LogP contribution in [-0.4, -0.2) is 15.0 Å². The number of hydrogen-bond acceptors (Lipinski definition) is 4. The van der Waals surface area contributed by atoms with Gasteiger partial charge in [0.05, 0.1) is 0 Å². The molecule has 0 aliphatic heterocycles. The van der Waals surface area contributed by atoms with Crippen molar-refractivity contribution in [3.63, 3.8) is 0 Å². The highest BCUT2D eigenvalue weighted by Gasteiger charge is 2.08. The van der Waals surface area contributed by atoms with Crippen LogP contribution in [0.4, 0.5) is 5.95 Å². The Balaban J connectivity index is 3.40. The molecule has 1 rings (SSSR count). The molecular weight excluding hydrogens is 248 g/mol. The molecule has 0 saturated carbocycles. The quantitative estimate of drug-likeness (QED) is 0.802. The molecule has 0 aliphatic carbocycles. The number of hydrogen-bond donors (Lipinski definition) is 1. The molecule has 0 bridgehead atoms. The number of allylic oxidation sites excluding steroid dienone is 9. The Hall–Kier alpha value is -2.75. The number of nitrogen functional groups attached to an aromatic ring is 1. The third kappa shape index (κ3) is 3.88. The van der Waals surface area contributed by atoms with Crippen LogP contribution in [-0.2, 0) is 0 Å². The van der Waals surface area contributed by atoms with E-state index < -0.39 is 0 Å². The summed E-state index contributed by atoms with van der Waals surface area (Å²) in [5.74, 6) is 1.07. The van der Waals surface area contributed by atoms with E-state index in [1.807, 2.05) is 25.2 Å². The molecule has 1 aromatic heterocycles. The summed E-state index contributed by atoms with van der Waals surface area (Å²) >= 11 is 0. The van der Waals surface area contributed by atoms with E-state index in [0.717, 1.165) is 11.1 Å². The van der Waals surface area contributed by atoms with Crippen LogP contribution in [0.3, 0.4) is 0 Å². The Kier molecular flexibility index (Phi) is 5.84. The maximum Gasteiger partial charge on any atom is 0.224 e. The van der Waals surface area contributed by atoms with Crippen LogP contribution in [0.2, 0.25) is 0 Å². The number of aromatic nitrogens is 3. The first-order valence-electron chi connectivity index (χ1n) is 6.09. The standard InChI is InChI=1S/C16H18N4/c1-5-9-11-13(8-4)15-18-14(19-16(17)20-15)12(7-3)10-6-2/h5-11H,2-4H2,1H3,(H2,17,18,19,20)/b9-5-,12-10+,13-11+. The van der Waals surface area contributed by atoms with Gasteiger partial charge in [-0.15, -0.1) is 0 Å². The first-order chi connectivity index (χ1) is 9.65. The molecule has 20 heavy (non-hydrogen) atoms. The number of nitrogens with two attached hydrogens (primary N) is 1. The third-order valence-electron chi connectivity index (χ3n) is 2.37. The molecule has 1 heterocycles. The van der Waals surface area contributed by atoms with E-state index in [9.17, 15) is 0 Å². The average Bonchev–Trinajstić information content (AvgIpc) is 2.45. The highest BCUT2D eigenvalue weighted by molar-refractivity contribution is 5.74. The van der Waals surface area contributed by atoms with E-state index >= 15 is 0 Å². The fourth-order valence-electron chi connectivity index (χ4n) is 1.45. The van der Waals surface area contributed by atoms with Gasteiger partial charge in [0, 0.05) is 11.1 Å². The molecule has 0 saturated heterocycles. The molecule has 102 valence electrons. The van der Waals surface area contributed by atoms with Crippen molar-refractivity contribution in [3.05, 3.63) is 73.9 Å². The molecule has 0 atom stereocenters. The smallest absolute Gasteiger partial charge is 0.224 e. The molecule has 0 unspecified atom stereocenters. The predicted molar refractivity (Wildman–Crippen MR) is 85.6 cm³/mol. The van der Waals surface area contributed by atoms with Gasteiger partial charge < -0.3 is 5.73 Å². The van der Waals surface area contributed by atoms with Gasteiger partial charge in [0.1, 0.15) is 0 Å². The summed E-state index contributed by atoms with van der Waals surface area (Å²) in [6.07, 6.45) is 12.4. The van der Waals surface area contributed by atoms with Crippen molar-refractivity contribution < 1.29 is 0 Å². The predicted octanol–water partition coefficient (Wildman–Crippen LogP) is 3.35. The summed E-state index contributed by atoms with van der Waals surface area (Å²) in [6, 6.07) is 0. The zero-order valence-electron chi connectivity index (χ0n) is 11.6. The maximum atomic E-state index is 5.74. The Morgan fingerprint density at radius 1 is 0.950 bits per heavy atom. The second-order valence-electron chi connectivity index (χ2n) is 3.75. The van der Waals surface area contributed by atoms with Crippen molar-refractivity contribution in [1.82, 2.24) is 15.0 Å². The van der Waals surface area contributed by atoms with Crippen molar-refractivity contribution >= 4 is 17.1 Å². The molecule has 4 heteroatoms. The Morgan fingerprint density at radius 3 is 1.95 bits per heavy atom. The SMILES string of the molecule is C=C/C=C(\C=C)c1nc(N)nc(/C(C=C)=C/C=C\C)n1. The van der Waals surface area contributed by atoms with E-state index in [0.29, 0.717) is 11.6 Å². The minimum Gasteiger partial charge on any atom is -0.368 e. The molecule has 0 amide bonds. The number of rotatable bonds is 6.